The number of rotatable bonds is 3. The van der Waals surface area contributed by atoms with Crippen LogP contribution in [-0.4, -0.2) is 6.18 Å². The minimum atomic E-state index is -4.22. The molecule has 0 aliphatic carbocycles. The summed E-state index contributed by atoms with van der Waals surface area (Å²) in [5.74, 6) is 5.13. The van der Waals surface area contributed by atoms with Crippen LogP contribution in [0.1, 0.15) is 23.6 Å². The molecule has 0 heterocycles. The highest BCUT2D eigenvalue weighted by atomic mass is 19.4. The zero-order valence-corrected chi connectivity index (χ0v) is 8.31. The molecule has 3 N–H and O–H groups in total. The van der Waals surface area contributed by atoms with Gasteiger partial charge < -0.3 is 0 Å². The second-order valence-corrected chi connectivity index (χ2v) is 3.40. The lowest BCUT2D eigenvalue weighted by atomic mass is 9.99. The number of alkyl halides is 3. The molecule has 0 radical (unpaired) electrons. The van der Waals surface area contributed by atoms with Crippen molar-refractivity contribution in [2.45, 2.75) is 25.6 Å². The van der Waals surface area contributed by atoms with Crippen molar-refractivity contribution < 1.29 is 13.2 Å². The number of benzene rings is 1. The van der Waals surface area contributed by atoms with Crippen LogP contribution in [0.4, 0.5) is 13.2 Å². The fourth-order valence-corrected chi connectivity index (χ4v) is 1.47. The third-order valence-corrected chi connectivity index (χ3v) is 2.20. The summed E-state index contributed by atoms with van der Waals surface area (Å²) in [5.41, 5.74) is 3.57. The highest BCUT2D eigenvalue weighted by Crippen LogP contribution is 2.30. The first-order valence-electron chi connectivity index (χ1n) is 4.52. The van der Waals surface area contributed by atoms with Gasteiger partial charge >= 0.3 is 6.18 Å². The lowest BCUT2D eigenvalue weighted by Crippen LogP contribution is -2.32. The van der Waals surface area contributed by atoms with Gasteiger partial charge in [0.1, 0.15) is 0 Å². The summed E-state index contributed by atoms with van der Waals surface area (Å²) in [6.45, 7) is 1.76. The topological polar surface area (TPSA) is 38.0 Å². The Hall–Kier alpha value is -1.07. The standard InChI is InChI=1S/C10H13F3N2/c1-7-4-2-3-5-8(7)9(15-14)6-10(11,12)13/h2-5,9,15H,6,14H2,1H3. The molecule has 0 saturated carbocycles. The van der Waals surface area contributed by atoms with Crippen molar-refractivity contribution in [2.24, 2.45) is 5.84 Å². The molecule has 0 bridgehead atoms. The van der Waals surface area contributed by atoms with Gasteiger partial charge in [0.05, 0.1) is 12.5 Å². The molecular weight excluding hydrogens is 205 g/mol. The van der Waals surface area contributed by atoms with E-state index in [2.05, 4.69) is 5.43 Å². The van der Waals surface area contributed by atoms with Crippen LogP contribution in [0.3, 0.4) is 0 Å². The first-order chi connectivity index (χ1) is 6.94. The predicted molar refractivity (Wildman–Crippen MR) is 51.9 cm³/mol. The van der Waals surface area contributed by atoms with Gasteiger partial charge in [-0.25, -0.2) is 0 Å². The number of hydrogen-bond acceptors (Lipinski definition) is 2. The SMILES string of the molecule is Cc1ccccc1C(CC(F)(F)F)NN. The average molecular weight is 218 g/mol. The minimum Gasteiger partial charge on any atom is -0.271 e. The third kappa shape index (κ3) is 3.53. The van der Waals surface area contributed by atoms with Gasteiger partial charge in [0.25, 0.3) is 0 Å². The van der Waals surface area contributed by atoms with E-state index in [-0.39, 0.29) is 0 Å². The molecule has 1 aromatic carbocycles. The third-order valence-electron chi connectivity index (χ3n) is 2.20. The summed E-state index contributed by atoms with van der Waals surface area (Å²) in [6.07, 6.45) is -5.19. The number of nitrogens with one attached hydrogen (secondary N) is 1. The zero-order valence-electron chi connectivity index (χ0n) is 8.31. The number of hydrogen-bond donors (Lipinski definition) is 2. The molecule has 1 aromatic rings. The molecule has 5 heteroatoms. The highest BCUT2D eigenvalue weighted by molar-refractivity contribution is 5.28. The predicted octanol–water partition coefficient (Wildman–Crippen LogP) is 2.45. The number of halogens is 3. The summed E-state index contributed by atoms with van der Waals surface area (Å²) in [7, 11) is 0. The Morgan fingerprint density at radius 3 is 2.40 bits per heavy atom. The highest BCUT2D eigenvalue weighted by Gasteiger charge is 2.32. The Kier molecular flexibility index (Phi) is 3.71. The average Bonchev–Trinajstić information content (AvgIpc) is 2.14. The van der Waals surface area contributed by atoms with Gasteiger partial charge in [-0.3, -0.25) is 11.3 Å². The van der Waals surface area contributed by atoms with Gasteiger partial charge in [0.15, 0.2) is 0 Å². The van der Waals surface area contributed by atoms with Crippen LogP contribution in [0, 0.1) is 6.92 Å². The van der Waals surface area contributed by atoms with E-state index in [9.17, 15) is 13.2 Å². The van der Waals surface area contributed by atoms with Crippen LogP contribution in [0.25, 0.3) is 0 Å². The molecule has 1 rings (SSSR count). The molecule has 1 atom stereocenters. The second-order valence-electron chi connectivity index (χ2n) is 3.40. The summed E-state index contributed by atoms with van der Waals surface area (Å²) >= 11 is 0. The van der Waals surface area contributed by atoms with Crippen LogP contribution >= 0.6 is 0 Å². The van der Waals surface area contributed by atoms with E-state index in [1.807, 2.05) is 0 Å². The molecule has 0 fully saturated rings. The van der Waals surface area contributed by atoms with E-state index in [1.165, 1.54) is 0 Å². The Morgan fingerprint density at radius 2 is 1.93 bits per heavy atom. The summed E-state index contributed by atoms with van der Waals surface area (Å²) in [5, 5.41) is 0. The van der Waals surface area contributed by atoms with E-state index in [1.54, 1.807) is 31.2 Å². The first kappa shape index (κ1) is 12.0. The van der Waals surface area contributed by atoms with Gasteiger partial charge in [-0.05, 0) is 18.1 Å². The molecular formula is C10H13F3N2. The maximum absolute atomic E-state index is 12.2. The fourth-order valence-electron chi connectivity index (χ4n) is 1.47. The molecule has 2 nitrogen and oxygen atoms in total. The molecule has 0 amide bonds. The Morgan fingerprint density at radius 1 is 1.33 bits per heavy atom. The van der Waals surface area contributed by atoms with Crippen LogP contribution in [0.2, 0.25) is 0 Å². The maximum atomic E-state index is 12.2. The number of nitrogens with two attached hydrogens (primary N) is 1. The van der Waals surface area contributed by atoms with Crippen LogP contribution in [0.5, 0.6) is 0 Å². The van der Waals surface area contributed by atoms with E-state index in [0.717, 1.165) is 5.56 Å². The lowest BCUT2D eigenvalue weighted by molar-refractivity contribution is -0.140. The first-order valence-corrected chi connectivity index (χ1v) is 4.52. The molecule has 84 valence electrons. The number of aryl methyl sites for hydroxylation is 1. The number of hydrazine groups is 1. The minimum absolute atomic E-state index is 0.581. The molecule has 0 aliphatic heterocycles. The van der Waals surface area contributed by atoms with Gasteiger partial charge in [0, 0.05) is 0 Å². The van der Waals surface area contributed by atoms with Crippen molar-refractivity contribution in [3.05, 3.63) is 35.4 Å². The molecule has 0 saturated heterocycles. The zero-order chi connectivity index (χ0) is 11.5. The van der Waals surface area contributed by atoms with E-state index >= 15 is 0 Å². The van der Waals surface area contributed by atoms with Crippen molar-refractivity contribution in [3.8, 4) is 0 Å². The van der Waals surface area contributed by atoms with Crippen molar-refractivity contribution in [2.75, 3.05) is 0 Å². The summed E-state index contributed by atoms with van der Waals surface area (Å²) in [4.78, 5) is 0. The van der Waals surface area contributed by atoms with Gasteiger partial charge in [0.2, 0.25) is 0 Å². The largest absolute Gasteiger partial charge is 0.390 e. The maximum Gasteiger partial charge on any atom is 0.390 e. The fraction of sp³-hybridized carbons (Fsp3) is 0.400. The molecule has 15 heavy (non-hydrogen) atoms. The molecule has 1 unspecified atom stereocenters. The van der Waals surface area contributed by atoms with Crippen molar-refractivity contribution >= 4 is 0 Å². The van der Waals surface area contributed by atoms with Crippen LogP contribution in [0.15, 0.2) is 24.3 Å². The van der Waals surface area contributed by atoms with E-state index in [4.69, 9.17) is 5.84 Å². The Balaban J connectivity index is 2.88. The van der Waals surface area contributed by atoms with Crippen molar-refractivity contribution in [1.82, 2.24) is 5.43 Å². The molecule has 0 spiro atoms. The Bertz CT molecular complexity index is 323. The monoisotopic (exact) mass is 218 g/mol. The quantitative estimate of drug-likeness (QED) is 0.604. The normalized spacial score (nSPS) is 13.9. The van der Waals surface area contributed by atoms with Gasteiger partial charge in [-0.2, -0.15) is 13.2 Å². The van der Waals surface area contributed by atoms with Gasteiger partial charge in [-0.1, -0.05) is 24.3 Å². The van der Waals surface area contributed by atoms with Gasteiger partial charge in [-0.15, -0.1) is 0 Å². The lowest BCUT2D eigenvalue weighted by Gasteiger charge is -2.19. The van der Waals surface area contributed by atoms with E-state index in [0.29, 0.717) is 5.56 Å². The summed E-state index contributed by atoms with van der Waals surface area (Å²) in [6, 6.07) is 6.00. The second kappa shape index (κ2) is 4.63. The van der Waals surface area contributed by atoms with Crippen molar-refractivity contribution in [1.29, 1.82) is 0 Å². The Labute approximate surface area is 86.2 Å². The molecule has 0 aliphatic rings. The van der Waals surface area contributed by atoms with Crippen molar-refractivity contribution in [3.63, 3.8) is 0 Å². The van der Waals surface area contributed by atoms with E-state index < -0.39 is 18.6 Å². The van der Waals surface area contributed by atoms with Crippen LogP contribution < -0.4 is 11.3 Å². The summed E-state index contributed by atoms with van der Waals surface area (Å²) < 4.78 is 36.6. The van der Waals surface area contributed by atoms with Crippen LogP contribution in [-0.2, 0) is 0 Å². The smallest absolute Gasteiger partial charge is 0.271 e. The molecule has 0 aromatic heterocycles.